The maximum Gasteiger partial charge on any atom is 0.251 e. The lowest BCUT2D eigenvalue weighted by atomic mass is 10.1. The number of aromatic nitrogens is 1. The second-order valence-corrected chi connectivity index (χ2v) is 9.71. The van der Waals surface area contributed by atoms with Crippen LogP contribution in [0.1, 0.15) is 45.4 Å². The Morgan fingerprint density at radius 2 is 1.56 bits per heavy atom. The monoisotopic (exact) mass is 472 g/mol. The van der Waals surface area contributed by atoms with Crippen molar-refractivity contribution in [1.29, 1.82) is 0 Å². The summed E-state index contributed by atoms with van der Waals surface area (Å²) < 4.78 is 18.6. The lowest BCUT2D eigenvalue weighted by molar-refractivity contribution is 0.0951. The lowest BCUT2D eigenvalue weighted by Crippen LogP contribution is -2.22. The van der Waals surface area contributed by atoms with E-state index in [-0.39, 0.29) is 11.7 Å². The maximum atomic E-state index is 12.7. The van der Waals surface area contributed by atoms with E-state index in [1.807, 2.05) is 62.4 Å². The topological polar surface area (TPSA) is 72.2 Å². The normalized spacial score (nSPS) is 11.9. The molecule has 4 aromatic rings. The Balaban J connectivity index is 1.39. The average molecular weight is 473 g/mol. The number of oxazole rings is 1. The van der Waals surface area contributed by atoms with Crippen LogP contribution < -0.4 is 5.32 Å². The van der Waals surface area contributed by atoms with Crippen LogP contribution >= 0.6 is 0 Å². The zero-order chi connectivity index (χ0) is 24.1. The minimum atomic E-state index is -1.20. The van der Waals surface area contributed by atoms with Gasteiger partial charge in [0.25, 0.3) is 5.91 Å². The zero-order valence-electron chi connectivity index (χ0n) is 19.6. The van der Waals surface area contributed by atoms with Crippen LogP contribution in [0.5, 0.6) is 0 Å². The van der Waals surface area contributed by atoms with E-state index in [0.29, 0.717) is 29.5 Å². The van der Waals surface area contributed by atoms with Gasteiger partial charge in [-0.05, 0) is 67.8 Å². The summed E-state index contributed by atoms with van der Waals surface area (Å²) in [5.74, 6) is 1.25. The first-order valence-corrected chi connectivity index (χ1v) is 12.6. The van der Waals surface area contributed by atoms with Crippen molar-refractivity contribution in [1.82, 2.24) is 10.3 Å². The number of carbonyl (C=O) groups excluding carboxylic acids is 1. The Morgan fingerprint density at radius 1 is 0.912 bits per heavy atom. The molecule has 3 aromatic carbocycles. The van der Waals surface area contributed by atoms with Crippen LogP contribution in [-0.2, 0) is 29.5 Å². The minimum Gasteiger partial charge on any atom is -0.441 e. The summed E-state index contributed by atoms with van der Waals surface area (Å²) in [6.07, 6.45) is 0.995. The third-order valence-corrected chi connectivity index (χ3v) is 7.06. The van der Waals surface area contributed by atoms with Crippen LogP contribution in [0.4, 0.5) is 0 Å². The van der Waals surface area contributed by atoms with Gasteiger partial charge in [-0.3, -0.25) is 9.00 Å². The summed E-state index contributed by atoms with van der Waals surface area (Å²) in [4.78, 5) is 17.9. The predicted octanol–water partition coefficient (Wildman–Crippen LogP) is 5.76. The van der Waals surface area contributed by atoms with Crippen molar-refractivity contribution in [2.24, 2.45) is 0 Å². The van der Waals surface area contributed by atoms with Crippen LogP contribution in [0, 0.1) is 13.8 Å². The van der Waals surface area contributed by atoms with Gasteiger partial charge in [-0.25, -0.2) is 4.98 Å². The van der Waals surface area contributed by atoms with Gasteiger partial charge in [0.1, 0.15) is 5.76 Å². The van der Waals surface area contributed by atoms with Crippen molar-refractivity contribution in [3.8, 4) is 11.5 Å². The first kappa shape index (κ1) is 23.6. The van der Waals surface area contributed by atoms with Crippen LogP contribution in [-0.4, -0.2) is 15.1 Å². The fraction of sp³-hybridized carbons (Fsp3) is 0.214. The number of rotatable bonds is 8. The predicted molar refractivity (Wildman–Crippen MR) is 135 cm³/mol. The van der Waals surface area contributed by atoms with E-state index in [2.05, 4.69) is 29.4 Å². The zero-order valence-corrected chi connectivity index (χ0v) is 20.4. The molecule has 34 heavy (non-hydrogen) atoms. The van der Waals surface area contributed by atoms with E-state index in [4.69, 9.17) is 4.42 Å². The Labute approximate surface area is 202 Å². The van der Waals surface area contributed by atoms with Gasteiger partial charge in [-0.1, -0.05) is 48.9 Å². The number of carbonyl (C=O) groups is 1. The van der Waals surface area contributed by atoms with Crippen molar-refractivity contribution in [3.05, 3.63) is 107 Å². The second-order valence-electron chi connectivity index (χ2n) is 8.25. The number of benzene rings is 3. The molecule has 6 heteroatoms. The highest BCUT2D eigenvalue weighted by Gasteiger charge is 2.16. The third-order valence-electron chi connectivity index (χ3n) is 5.72. The maximum absolute atomic E-state index is 12.7. The van der Waals surface area contributed by atoms with Gasteiger partial charge in [-0.15, -0.1) is 0 Å². The quantitative estimate of drug-likeness (QED) is 0.354. The molecule has 5 nitrogen and oxygen atoms in total. The Bertz CT molecular complexity index is 1290. The number of aryl methyl sites for hydroxylation is 3. The van der Waals surface area contributed by atoms with Crippen molar-refractivity contribution >= 4 is 16.7 Å². The molecule has 1 unspecified atom stereocenters. The van der Waals surface area contributed by atoms with Gasteiger partial charge in [-0.2, -0.15) is 0 Å². The number of nitrogens with zero attached hydrogens (tertiary/aromatic N) is 1. The molecule has 0 saturated heterocycles. The van der Waals surface area contributed by atoms with Crippen LogP contribution in [0.15, 0.2) is 82.1 Å². The summed E-state index contributed by atoms with van der Waals surface area (Å²) in [6.45, 7) is 6.42. The third kappa shape index (κ3) is 5.69. The van der Waals surface area contributed by atoms with E-state index in [9.17, 15) is 9.00 Å². The summed E-state index contributed by atoms with van der Waals surface area (Å²) in [6, 6.07) is 23.1. The van der Waals surface area contributed by atoms with Gasteiger partial charge < -0.3 is 9.73 Å². The number of hydrogen-bond donors (Lipinski definition) is 1. The summed E-state index contributed by atoms with van der Waals surface area (Å²) in [5.41, 5.74) is 5.47. The van der Waals surface area contributed by atoms with Crippen LogP contribution in [0.25, 0.3) is 11.5 Å². The van der Waals surface area contributed by atoms with Crippen molar-refractivity contribution in [2.75, 3.05) is 0 Å². The van der Waals surface area contributed by atoms with E-state index in [0.717, 1.165) is 28.0 Å². The highest BCUT2D eigenvalue weighted by atomic mass is 32.2. The largest absolute Gasteiger partial charge is 0.441 e. The fourth-order valence-electron chi connectivity index (χ4n) is 3.52. The molecule has 174 valence electrons. The molecule has 0 saturated carbocycles. The molecule has 1 heterocycles. The SMILES string of the molecule is CCc1ccc(CNC(=O)c2ccc(-c3nc(CS(=O)c4ccc(C)cc4)c(C)o3)cc2)cc1. The first-order valence-electron chi connectivity index (χ1n) is 11.3. The summed E-state index contributed by atoms with van der Waals surface area (Å²) in [5, 5.41) is 2.95. The Hall–Kier alpha value is -3.51. The second kappa shape index (κ2) is 10.6. The molecule has 1 atom stereocenters. The standard InChI is InChI=1S/C28H28N2O3S/c1-4-21-7-9-22(10-8-21)17-29-27(31)23-11-13-24(14-12-23)28-30-26(20(3)33-28)18-34(32)25-15-5-19(2)6-16-25/h5-16H,4,17-18H2,1-3H3,(H,29,31). The van der Waals surface area contributed by atoms with E-state index >= 15 is 0 Å². The smallest absolute Gasteiger partial charge is 0.251 e. The average Bonchev–Trinajstić information content (AvgIpc) is 3.23. The van der Waals surface area contributed by atoms with Gasteiger partial charge >= 0.3 is 0 Å². The highest BCUT2D eigenvalue weighted by molar-refractivity contribution is 7.84. The molecular weight excluding hydrogens is 444 g/mol. The molecule has 0 aliphatic rings. The molecule has 0 radical (unpaired) electrons. The Morgan fingerprint density at radius 3 is 2.21 bits per heavy atom. The van der Waals surface area contributed by atoms with Crippen molar-refractivity contribution in [2.45, 2.75) is 44.4 Å². The molecule has 0 bridgehead atoms. The molecule has 0 aliphatic heterocycles. The van der Waals surface area contributed by atoms with Crippen molar-refractivity contribution in [3.63, 3.8) is 0 Å². The molecular formula is C28H28N2O3S. The molecule has 4 rings (SSSR count). The number of amides is 1. The van der Waals surface area contributed by atoms with E-state index in [1.165, 1.54) is 5.56 Å². The Kier molecular flexibility index (Phi) is 7.38. The molecule has 1 amide bonds. The molecule has 0 spiro atoms. The highest BCUT2D eigenvalue weighted by Crippen LogP contribution is 2.24. The molecule has 1 N–H and O–H groups in total. The van der Waals surface area contributed by atoms with Crippen LogP contribution in [0.2, 0.25) is 0 Å². The number of hydrogen-bond acceptors (Lipinski definition) is 4. The van der Waals surface area contributed by atoms with Crippen molar-refractivity contribution < 1.29 is 13.4 Å². The summed E-state index contributed by atoms with van der Waals surface area (Å²) >= 11 is 0. The van der Waals surface area contributed by atoms with Crippen LogP contribution in [0.3, 0.4) is 0 Å². The lowest BCUT2D eigenvalue weighted by Gasteiger charge is -2.07. The van der Waals surface area contributed by atoms with Gasteiger partial charge in [0, 0.05) is 22.6 Å². The first-order chi connectivity index (χ1) is 16.4. The van der Waals surface area contributed by atoms with Gasteiger partial charge in [0.2, 0.25) is 5.89 Å². The molecule has 0 fully saturated rings. The van der Waals surface area contributed by atoms with Gasteiger partial charge in [0.15, 0.2) is 0 Å². The van der Waals surface area contributed by atoms with E-state index in [1.54, 1.807) is 12.1 Å². The van der Waals surface area contributed by atoms with E-state index < -0.39 is 10.8 Å². The molecule has 0 aliphatic carbocycles. The summed E-state index contributed by atoms with van der Waals surface area (Å²) in [7, 11) is -1.20. The number of nitrogens with one attached hydrogen (secondary N) is 1. The molecule has 1 aromatic heterocycles. The minimum absolute atomic E-state index is 0.135. The van der Waals surface area contributed by atoms with Gasteiger partial charge in [0.05, 0.1) is 22.2 Å². The fourth-order valence-corrected chi connectivity index (χ4v) is 4.65.